The lowest BCUT2D eigenvalue weighted by molar-refractivity contribution is 0.435. The fourth-order valence-corrected chi connectivity index (χ4v) is 2.60. The van der Waals surface area contributed by atoms with Crippen molar-refractivity contribution in [2.75, 3.05) is 12.3 Å². The highest BCUT2D eigenvalue weighted by Gasteiger charge is 2.19. The van der Waals surface area contributed by atoms with Crippen LogP contribution in [0.2, 0.25) is 0 Å². The first-order valence-corrected chi connectivity index (χ1v) is 6.55. The van der Waals surface area contributed by atoms with E-state index in [2.05, 4.69) is 38.0 Å². The first kappa shape index (κ1) is 11.9. The number of hydrogen-bond donors (Lipinski definition) is 1. The van der Waals surface area contributed by atoms with Gasteiger partial charge >= 0.3 is 0 Å². The van der Waals surface area contributed by atoms with Gasteiger partial charge in [0, 0.05) is 18.3 Å². The molecule has 1 N–H and O–H groups in total. The maximum atomic E-state index is 4.59. The van der Waals surface area contributed by atoms with Crippen molar-refractivity contribution in [2.45, 2.75) is 40.2 Å². The van der Waals surface area contributed by atoms with Crippen molar-refractivity contribution in [2.24, 2.45) is 16.8 Å². The van der Waals surface area contributed by atoms with Crippen LogP contribution < -0.4 is 5.32 Å². The Morgan fingerprint density at radius 1 is 1.50 bits per heavy atom. The van der Waals surface area contributed by atoms with Gasteiger partial charge in [0.05, 0.1) is 0 Å². The number of rotatable bonds is 3. The minimum Gasteiger partial charge on any atom is -0.362 e. The zero-order chi connectivity index (χ0) is 10.6. The summed E-state index contributed by atoms with van der Waals surface area (Å²) in [6, 6.07) is 0.553. The molecule has 0 aromatic rings. The zero-order valence-corrected chi connectivity index (χ0v) is 10.5. The maximum absolute atomic E-state index is 4.59. The maximum Gasteiger partial charge on any atom is 0.156 e. The summed E-state index contributed by atoms with van der Waals surface area (Å²) >= 11 is 1.88. The summed E-state index contributed by atoms with van der Waals surface area (Å²) in [5, 5.41) is 4.59. The van der Waals surface area contributed by atoms with Crippen LogP contribution in [0.5, 0.6) is 0 Å². The molecule has 1 rings (SSSR count). The molecular weight excluding hydrogens is 192 g/mol. The van der Waals surface area contributed by atoms with Crippen LogP contribution in [-0.4, -0.2) is 23.5 Å². The molecule has 0 fully saturated rings. The zero-order valence-electron chi connectivity index (χ0n) is 9.71. The summed E-state index contributed by atoms with van der Waals surface area (Å²) in [4.78, 5) is 4.59. The molecule has 1 heterocycles. The van der Waals surface area contributed by atoms with Crippen LogP contribution in [0.1, 0.15) is 34.1 Å². The summed E-state index contributed by atoms with van der Waals surface area (Å²) < 4.78 is 0. The molecule has 0 radical (unpaired) electrons. The van der Waals surface area contributed by atoms with E-state index in [4.69, 9.17) is 0 Å². The van der Waals surface area contributed by atoms with E-state index >= 15 is 0 Å². The molecule has 2 atom stereocenters. The van der Waals surface area contributed by atoms with Crippen LogP contribution in [-0.2, 0) is 0 Å². The molecule has 0 amide bonds. The monoisotopic (exact) mass is 214 g/mol. The lowest BCUT2D eigenvalue weighted by atomic mass is 9.98. The Balaban J connectivity index is 2.37. The van der Waals surface area contributed by atoms with E-state index in [1.54, 1.807) is 0 Å². The lowest BCUT2D eigenvalue weighted by Crippen LogP contribution is -2.34. The number of amidine groups is 1. The summed E-state index contributed by atoms with van der Waals surface area (Å²) in [7, 11) is 0. The standard InChI is InChI=1S/C11H22N2S/c1-5-9(4)13-11-12-6-10(7-14-11)8(2)3/h8-10H,5-7H2,1-4H3,(H,12,13). The summed E-state index contributed by atoms with van der Waals surface area (Å²) in [5.41, 5.74) is 0. The van der Waals surface area contributed by atoms with Crippen molar-refractivity contribution in [3.63, 3.8) is 0 Å². The van der Waals surface area contributed by atoms with E-state index in [1.807, 2.05) is 11.8 Å². The second kappa shape index (κ2) is 5.64. The van der Waals surface area contributed by atoms with Gasteiger partial charge in [-0.15, -0.1) is 0 Å². The first-order chi connectivity index (χ1) is 6.63. The quantitative estimate of drug-likeness (QED) is 0.781. The number of aliphatic imine (C=N–C) groups is 1. The fraction of sp³-hybridized carbons (Fsp3) is 0.909. The highest BCUT2D eigenvalue weighted by molar-refractivity contribution is 8.13. The third-order valence-electron chi connectivity index (χ3n) is 2.83. The number of nitrogens with zero attached hydrogens (tertiary/aromatic N) is 1. The third kappa shape index (κ3) is 3.52. The molecule has 1 aliphatic rings. The summed E-state index contributed by atoms with van der Waals surface area (Å²) in [6.07, 6.45) is 1.16. The molecule has 1 aliphatic heterocycles. The Hall–Kier alpha value is -0.180. The average Bonchev–Trinajstić information content (AvgIpc) is 2.18. The van der Waals surface area contributed by atoms with Gasteiger partial charge in [0.15, 0.2) is 5.17 Å². The van der Waals surface area contributed by atoms with Gasteiger partial charge in [-0.05, 0) is 25.2 Å². The largest absolute Gasteiger partial charge is 0.362 e. The van der Waals surface area contributed by atoms with Crippen LogP contribution in [0.3, 0.4) is 0 Å². The van der Waals surface area contributed by atoms with Crippen molar-refractivity contribution in [1.82, 2.24) is 5.32 Å². The molecule has 0 aromatic carbocycles. The highest BCUT2D eigenvalue weighted by Crippen LogP contribution is 2.22. The predicted octanol–water partition coefficient (Wildman–Crippen LogP) is 2.75. The number of thioether (sulfide) groups is 1. The minimum atomic E-state index is 0.553. The molecule has 0 aromatic heterocycles. The third-order valence-corrected chi connectivity index (χ3v) is 3.94. The predicted molar refractivity (Wildman–Crippen MR) is 66.0 cm³/mol. The second-order valence-electron chi connectivity index (χ2n) is 4.41. The van der Waals surface area contributed by atoms with Gasteiger partial charge in [0.2, 0.25) is 0 Å². The van der Waals surface area contributed by atoms with Gasteiger partial charge in [-0.25, -0.2) is 0 Å². The van der Waals surface area contributed by atoms with Crippen molar-refractivity contribution in [3.05, 3.63) is 0 Å². The molecule has 0 saturated heterocycles. The van der Waals surface area contributed by atoms with Crippen molar-refractivity contribution in [3.8, 4) is 0 Å². The average molecular weight is 214 g/mol. The molecule has 2 unspecified atom stereocenters. The van der Waals surface area contributed by atoms with E-state index < -0.39 is 0 Å². The molecule has 0 bridgehead atoms. The number of nitrogens with one attached hydrogen (secondary N) is 1. The van der Waals surface area contributed by atoms with Crippen molar-refractivity contribution in [1.29, 1.82) is 0 Å². The Morgan fingerprint density at radius 2 is 2.21 bits per heavy atom. The summed E-state index contributed by atoms with van der Waals surface area (Å²) in [5.74, 6) is 2.75. The SMILES string of the molecule is CCC(C)NC1=NCC(C(C)C)CS1. The minimum absolute atomic E-state index is 0.553. The molecule has 14 heavy (non-hydrogen) atoms. The van der Waals surface area contributed by atoms with E-state index in [-0.39, 0.29) is 0 Å². The Labute approximate surface area is 92.0 Å². The van der Waals surface area contributed by atoms with Crippen LogP contribution in [0, 0.1) is 11.8 Å². The molecule has 2 nitrogen and oxygen atoms in total. The Bertz CT molecular complexity index is 201. The van der Waals surface area contributed by atoms with E-state index in [0.717, 1.165) is 30.0 Å². The lowest BCUT2D eigenvalue weighted by Gasteiger charge is -2.25. The van der Waals surface area contributed by atoms with Crippen molar-refractivity contribution < 1.29 is 0 Å². The van der Waals surface area contributed by atoms with Crippen LogP contribution >= 0.6 is 11.8 Å². The van der Waals surface area contributed by atoms with Gasteiger partial charge in [-0.2, -0.15) is 0 Å². The Kier molecular flexibility index (Phi) is 4.79. The second-order valence-corrected chi connectivity index (χ2v) is 5.42. The normalized spacial score (nSPS) is 24.6. The van der Waals surface area contributed by atoms with Gasteiger partial charge in [-0.1, -0.05) is 32.5 Å². The van der Waals surface area contributed by atoms with Crippen LogP contribution in [0.25, 0.3) is 0 Å². The smallest absolute Gasteiger partial charge is 0.156 e. The molecule has 0 spiro atoms. The molecule has 3 heteroatoms. The van der Waals surface area contributed by atoms with Crippen LogP contribution in [0.4, 0.5) is 0 Å². The Morgan fingerprint density at radius 3 is 2.64 bits per heavy atom. The van der Waals surface area contributed by atoms with E-state index in [0.29, 0.717) is 6.04 Å². The first-order valence-electron chi connectivity index (χ1n) is 5.57. The topological polar surface area (TPSA) is 24.4 Å². The summed E-state index contributed by atoms with van der Waals surface area (Å²) in [6.45, 7) is 9.98. The van der Waals surface area contributed by atoms with Crippen LogP contribution in [0.15, 0.2) is 4.99 Å². The molecule has 0 saturated carbocycles. The number of hydrogen-bond acceptors (Lipinski definition) is 3. The highest BCUT2D eigenvalue weighted by atomic mass is 32.2. The van der Waals surface area contributed by atoms with Gasteiger partial charge in [0.1, 0.15) is 0 Å². The molecule has 0 aliphatic carbocycles. The molecular formula is C11H22N2S. The van der Waals surface area contributed by atoms with E-state index in [1.165, 1.54) is 5.75 Å². The van der Waals surface area contributed by atoms with Gasteiger partial charge < -0.3 is 5.32 Å². The van der Waals surface area contributed by atoms with E-state index in [9.17, 15) is 0 Å². The van der Waals surface area contributed by atoms with Crippen molar-refractivity contribution >= 4 is 16.9 Å². The van der Waals surface area contributed by atoms with Gasteiger partial charge in [-0.3, -0.25) is 4.99 Å². The molecule has 82 valence electrons. The fourth-order valence-electron chi connectivity index (χ4n) is 1.29. The van der Waals surface area contributed by atoms with Gasteiger partial charge in [0.25, 0.3) is 0 Å².